The van der Waals surface area contributed by atoms with Gasteiger partial charge in [0.25, 0.3) is 11.8 Å². The number of piperidine rings is 1. The number of hydrogen-bond donors (Lipinski definition) is 1. The summed E-state index contributed by atoms with van der Waals surface area (Å²) in [5.41, 5.74) is 1.34. The van der Waals surface area contributed by atoms with Crippen LogP contribution in [0.15, 0.2) is 53.0 Å². The van der Waals surface area contributed by atoms with Crippen molar-refractivity contribution in [1.29, 1.82) is 0 Å². The molecule has 2 aromatic carbocycles. The molecule has 0 radical (unpaired) electrons. The van der Waals surface area contributed by atoms with Crippen LogP contribution in [0.5, 0.6) is 0 Å². The zero-order valence-corrected chi connectivity index (χ0v) is 19.3. The maximum Gasteiger partial charge on any atom is 0.261 e. The number of hydrogen-bond acceptors (Lipinski definition) is 4. The molecule has 2 aliphatic heterocycles. The van der Waals surface area contributed by atoms with Crippen LogP contribution in [0.25, 0.3) is 0 Å². The predicted molar refractivity (Wildman–Crippen MR) is 124 cm³/mol. The van der Waals surface area contributed by atoms with Gasteiger partial charge < -0.3 is 10.0 Å². The average Bonchev–Trinajstić information content (AvgIpc) is 3.03. The number of unbranched alkanes of at least 4 members (excludes halogenated alkanes) is 3. The van der Waals surface area contributed by atoms with E-state index in [1.54, 1.807) is 24.3 Å². The first-order valence-corrected chi connectivity index (χ1v) is 11.9. The quantitative estimate of drug-likeness (QED) is 0.439. The summed E-state index contributed by atoms with van der Waals surface area (Å²) in [6, 6.07) is 15.0. The van der Waals surface area contributed by atoms with Crippen molar-refractivity contribution in [2.24, 2.45) is 0 Å². The summed E-state index contributed by atoms with van der Waals surface area (Å²) in [5.74, 6) is -0.320. The first kappa shape index (κ1) is 22.2. The molecule has 0 aromatic heterocycles. The standard InChI is InChI=1S/C25H29BrN2O3/c26-20-11-9-19(10-12-20)25(31)13-17-27(18-14-25)15-5-1-2-6-16-28-23(29)21-7-3-4-8-22(21)24(28)30/h3-4,7-12,31H,1-2,5-6,13-18H2. The number of amides is 2. The van der Waals surface area contributed by atoms with E-state index in [4.69, 9.17) is 0 Å². The SMILES string of the molecule is O=C1c2ccccc2C(=O)N1CCCCCCN1CCC(O)(c2ccc(Br)cc2)CC1. The number of carbonyl (C=O) groups is 2. The Morgan fingerprint density at radius 2 is 1.35 bits per heavy atom. The number of benzene rings is 2. The van der Waals surface area contributed by atoms with Gasteiger partial charge in [-0.2, -0.15) is 0 Å². The molecule has 164 valence electrons. The van der Waals surface area contributed by atoms with Crippen LogP contribution in [0.3, 0.4) is 0 Å². The molecule has 1 N–H and O–H groups in total. The molecule has 0 saturated carbocycles. The van der Waals surface area contributed by atoms with Gasteiger partial charge in [-0.3, -0.25) is 14.5 Å². The van der Waals surface area contributed by atoms with Crippen molar-refractivity contribution in [3.63, 3.8) is 0 Å². The average molecular weight is 485 g/mol. The molecule has 6 heteroatoms. The maximum atomic E-state index is 12.4. The molecule has 4 rings (SSSR count). The molecule has 2 amide bonds. The minimum absolute atomic E-state index is 0.160. The molecule has 5 nitrogen and oxygen atoms in total. The van der Waals surface area contributed by atoms with Crippen LogP contribution in [0.2, 0.25) is 0 Å². The summed E-state index contributed by atoms with van der Waals surface area (Å²) in [5, 5.41) is 11.0. The lowest BCUT2D eigenvalue weighted by atomic mass is 9.84. The second kappa shape index (κ2) is 9.63. The molecule has 1 saturated heterocycles. The van der Waals surface area contributed by atoms with E-state index < -0.39 is 5.60 Å². The van der Waals surface area contributed by atoms with Crippen molar-refractivity contribution in [1.82, 2.24) is 9.80 Å². The van der Waals surface area contributed by atoms with E-state index in [1.165, 1.54) is 4.90 Å². The largest absolute Gasteiger partial charge is 0.385 e. The van der Waals surface area contributed by atoms with Gasteiger partial charge in [-0.25, -0.2) is 0 Å². The Labute approximate surface area is 192 Å². The predicted octanol–water partition coefficient (Wildman–Crippen LogP) is 4.59. The molecular weight excluding hydrogens is 456 g/mol. The summed E-state index contributed by atoms with van der Waals surface area (Å²) in [6.45, 7) is 3.34. The second-order valence-corrected chi connectivity index (χ2v) is 9.52. The number of halogens is 1. The normalized spacial score (nSPS) is 18.5. The molecule has 0 atom stereocenters. The first-order chi connectivity index (χ1) is 15.0. The Hall–Kier alpha value is -2.02. The fourth-order valence-electron chi connectivity index (χ4n) is 4.60. The summed E-state index contributed by atoms with van der Waals surface area (Å²) >= 11 is 3.45. The zero-order valence-electron chi connectivity index (χ0n) is 17.7. The van der Waals surface area contributed by atoms with E-state index in [9.17, 15) is 14.7 Å². The van der Waals surface area contributed by atoms with Gasteiger partial charge in [0.1, 0.15) is 0 Å². The highest BCUT2D eigenvalue weighted by Gasteiger charge is 2.35. The van der Waals surface area contributed by atoms with Gasteiger partial charge in [0.15, 0.2) is 0 Å². The summed E-state index contributed by atoms with van der Waals surface area (Å²) in [6.07, 6.45) is 5.54. The van der Waals surface area contributed by atoms with Crippen LogP contribution in [0.4, 0.5) is 0 Å². The number of rotatable bonds is 8. The number of carbonyl (C=O) groups excluding carboxylic acids is 2. The molecule has 1 fully saturated rings. The van der Waals surface area contributed by atoms with Crippen LogP contribution >= 0.6 is 15.9 Å². The monoisotopic (exact) mass is 484 g/mol. The van der Waals surface area contributed by atoms with E-state index in [-0.39, 0.29) is 11.8 Å². The Morgan fingerprint density at radius 1 is 0.806 bits per heavy atom. The van der Waals surface area contributed by atoms with Crippen LogP contribution in [0, 0.1) is 0 Å². The van der Waals surface area contributed by atoms with Gasteiger partial charge in [-0.05, 0) is 62.1 Å². The fourth-order valence-corrected chi connectivity index (χ4v) is 4.86. The highest BCUT2D eigenvalue weighted by molar-refractivity contribution is 9.10. The highest BCUT2D eigenvalue weighted by Crippen LogP contribution is 2.33. The smallest absolute Gasteiger partial charge is 0.261 e. The molecule has 31 heavy (non-hydrogen) atoms. The lowest BCUT2D eigenvalue weighted by Crippen LogP contribution is -2.42. The van der Waals surface area contributed by atoms with Crippen molar-refractivity contribution in [3.05, 3.63) is 69.7 Å². The minimum atomic E-state index is -0.719. The highest BCUT2D eigenvalue weighted by atomic mass is 79.9. The summed E-state index contributed by atoms with van der Waals surface area (Å²) in [7, 11) is 0. The van der Waals surface area contributed by atoms with Crippen molar-refractivity contribution >= 4 is 27.7 Å². The van der Waals surface area contributed by atoms with Gasteiger partial charge in [-0.15, -0.1) is 0 Å². The molecule has 0 aliphatic carbocycles. The van der Waals surface area contributed by atoms with Crippen molar-refractivity contribution < 1.29 is 14.7 Å². The van der Waals surface area contributed by atoms with Crippen LogP contribution in [-0.4, -0.2) is 52.9 Å². The van der Waals surface area contributed by atoms with E-state index in [2.05, 4.69) is 20.8 Å². The number of imide groups is 1. The third kappa shape index (κ3) is 4.92. The van der Waals surface area contributed by atoms with Gasteiger partial charge in [-0.1, -0.05) is 53.0 Å². The molecule has 0 bridgehead atoms. The summed E-state index contributed by atoms with van der Waals surface area (Å²) < 4.78 is 1.03. The minimum Gasteiger partial charge on any atom is -0.385 e. The molecule has 0 spiro atoms. The molecule has 2 heterocycles. The Bertz CT molecular complexity index is 901. The third-order valence-electron chi connectivity index (χ3n) is 6.55. The van der Waals surface area contributed by atoms with Gasteiger partial charge in [0, 0.05) is 24.1 Å². The number of likely N-dealkylation sites (tertiary alicyclic amines) is 1. The molecule has 0 unspecified atom stereocenters. The first-order valence-electron chi connectivity index (χ1n) is 11.1. The van der Waals surface area contributed by atoms with E-state index in [0.717, 1.165) is 68.2 Å². The van der Waals surface area contributed by atoms with Gasteiger partial charge in [0.05, 0.1) is 16.7 Å². The third-order valence-corrected chi connectivity index (χ3v) is 7.08. The van der Waals surface area contributed by atoms with E-state index in [1.807, 2.05) is 24.3 Å². The lowest BCUT2D eigenvalue weighted by Gasteiger charge is -2.38. The Balaban J connectivity index is 1.13. The second-order valence-electron chi connectivity index (χ2n) is 8.60. The molecule has 2 aliphatic rings. The van der Waals surface area contributed by atoms with Crippen molar-refractivity contribution in [3.8, 4) is 0 Å². The topological polar surface area (TPSA) is 60.9 Å². The zero-order chi connectivity index (χ0) is 21.8. The van der Waals surface area contributed by atoms with Crippen LogP contribution < -0.4 is 0 Å². The molecular formula is C25H29BrN2O3. The van der Waals surface area contributed by atoms with Crippen molar-refractivity contribution in [2.45, 2.75) is 44.1 Å². The fraction of sp³-hybridized carbons (Fsp3) is 0.440. The Morgan fingerprint density at radius 3 is 1.94 bits per heavy atom. The van der Waals surface area contributed by atoms with E-state index in [0.29, 0.717) is 17.7 Å². The number of aliphatic hydroxyl groups is 1. The van der Waals surface area contributed by atoms with Crippen molar-refractivity contribution in [2.75, 3.05) is 26.2 Å². The lowest BCUT2D eigenvalue weighted by molar-refractivity contribution is -0.0261. The van der Waals surface area contributed by atoms with Gasteiger partial charge >= 0.3 is 0 Å². The molecule has 2 aromatic rings. The maximum absolute atomic E-state index is 12.4. The summed E-state index contributed by atoms with van der Waals surface area (Å²) in [4.78, 5) is 28.6. The number of fused-ring (bicyclic) bond motifs is 1. The Kier molecular flexibility index (Phi) is 6.89. The van der Waals surface area contributed by atoms with Gasteiger partial charge in [0.2, 0.25) is 0 Å². The van der Waals surface area contributed by atoms with Crippen LogP contribution in [0.1, 0.15) is 64.8 Å². The number of nitrogens with zero attached hydrogens (tertiary/aromatic N) is 2. The van der Waals surface area contributed by atoms with E-state index >= 15 is 0 Å². The van der Waals surface area contributed by atoms with Crippen LogP contribution in [-0.2, 0) is 5.60 Å².